The molecule has 1 heterocycles. The van der Waals surface area contributed by atoms with Gasteiger partial charge in [-0.25, -0.2) is 4.79 Å². The summed E-state index contributed by atoms with van der Waals surface area (Å²) in [5.41, 5.74) is 0.632. The number of ether oxygens (including phenoxy) is 2. The number of aliphatic imine (C=N–C) groups is 1. The maximum Gasteiger partial charge on any atom is 0.409 e. The minimum atomic E-state index is -0.254. The Morgan fingerprint density at radius 1 is 1.45 bits per heavy atom. The first-order valence-corrected chi connectivity index (χ1v) is 7.46. The van der Waals surface area contributed by atoms with Crippen molar-refractivity contribution in [3.8, 4) is 11.5 Å². The van der Waals surface area contributed by atoms with Gasteiger partial charge in [0, 0.05) is 24.9 Å². The van der Waals surface area contributed by atoms with Crippen LogP contribution in [0.3, 0.4) is 0 Å². The molecule has 1 aliphatic rings. The van der Waals surface area contributed by atoms with E-state index in [0.717, 1.165) is 12.8 Å². The molecule has 0 bridgehead atoms. The van der Waals surface area contributed by atoms with Gasteiger partial charge in [0.2, 0.25) is 0 Å². The molecule has 0 spiro atoms. The van der Waals surface area contributed by atoms with Crippen LogP contribution in [0.1, 0.15) is 25.3 Å². The van der Waals surface area contributed by atoms with Crippen LogP contribution in [0, 0.1) is 0 Å². The molecular weight excluding hydrogens is 284 g/mol. The predicted molar refractivity (Wildman–Crippen MR) is 83.9 cm³/mol. The van der Waals surface area contributed by atoms with Crippen molar-refractivity contribution in [1.82, 2.24) is 4.90 Å². The Bertz CT molecular complexity index is 537. The van der Waals surface area contributed by atoms with E-state index in [0.29, 0.717) is 31.0 Å². The Labute approximate surface area is 130 Å². The van der Waals surface area contributed by atoms with E-state index in [9.17, 15) is 9.90 Å². The van der Waals surface area contributed by atoms with Gasteiger partial charge < -0.3 is 19.5 Å². The van der Waals surface area contributed by atoms with Crippen molar-refractivity contribution in [3.63, 3.8) is 0 Å². The number of aromatic hydroxyl groups is 1. The number of piperidine rings is 1. The third kappa shape index (κ3) is 4.13. The SMILES string of the molecule is CCOC(=O)N1CCC(N=Cc2cc(OC)ccc2O)CC1. The zero-order valence-electron chi connectivity index (χ0n) is 13.0. The first-order chi connectivity index (χ1) is 10.6. The molecule has 22 heavy (non-hydrogen) atoms. The number of benzene rings is 1. The fourth-order valence-corrected chi connectivity index (χ4v) is 2.36. The molecule has 1 amide bonds. The second-order valence-electron chi connectivity index (χ2n) is 5.12. The normalized spacial score (nSPS) is 16.0. The summed E-state index contributed by atoms with van der Waals surface area (Å²) in [5.74, 6) is 0.852. The molecule has 0 atom stereocenters. The van der Waals surface area contributed by atoms with Crippen molar-refractivity contribution in [2.24, 2.45) is 4.99 Å². The van der Waals surface area contributed by atoms with Crippen LogP contribution in [-0.2, 0) is 4.74 Å². The van der Waals surface area contributed by atoms with Gasteiger partial charge in [0.05, 0.1) is 19.8 Å². The summed E-state index contributed by atoms with van der Waals surface area (Å²) in [6, 6.07) is 5.18. The van der Waals surface area contributed by atoms with Crippen LogP contribution in [-0.4, -0.2) is 55.2 Å². The summed E-state index contributed by atoms with van der Waals surface area (Å²) in [7, 11) is 1.58. The smallest absolute Gasteiger partial charge is 0.409 e. The van der Waals surface area contributed by atoms with Gasteiger partial charge in [-0.2, -0.15) is 0 Å². The van der Waals surface area contributed by atoms with Crippen LogP contribution in [0.5, 0.6) is 11.5 Å². The monoisotopic (exact) mass is 306 g/mol. The Hall–Kier alpha value is -2.24. The highest BCUT2D eigenvalue weighted by molar-refractivity contribution is 5.84. The molecule has 0 saturated carbocycles. The van der Waals surface area contributed by atoms with Gasteiger partial charge in [-0.15, -0.1) is 0 Å². The zero-order valence-corrected chi connectivity index (χ0v) is 13.0. The highest BCUT2D eigenvalue weighted by Crippen LogP contribution is 2.22. The van der Waals surface area contributed by atoms with E-state index in [1.807, 2.05) is 0 Å². The van der Waals surface area contributed by atoms with E-state index < -0.39 is 0 Å². The number of amides is 1. The topological polar surface area (TPSA) is 71.4 Å². The minimum Gasteiger partial charge on any atom is -0.507 e. The summed E-state index contributed by atoms with van der Waals surface area (Å²) in [6.07, 6.45) is 3.00. The second-order valence-corrected chi connectivity index (χ2v) is 5.12. The average Bonchev–Trinajstić information content (AvgIpc) is 2.55. The molecular formula is C16H22N2O4. The van der Waals surface area contributed by atoms with Gasteiger partial charge in [-0.3, -0.25) is 4.99 Å². The Morgan fingerprint density at radius 2 is 2.18 bits per heavy atom. The summed E-state index contributed by atoms with van der Waals surface area (Å²) in [5, 5.41) is 9.82. The molecule has 0 aliphatic carbocycles. The fourth-order valence-electron chi connectivity index (χ4n) is 2.36. The number of hydrogen-bond acceptors (Lipinski definition) is 5. The Balaban J connectivity index is 1.92. The van der Waals surface area contributed by atoms with Crippen molar-refractivity contribution in [2.45, 2.75) is 25.8 Å². The molecule has 1 aromatic carbocycles. The molecule has 1 N–H and O–H groups in total. The van der Waals surface area contributed by atoms with E-state index in [1.165, 1.54) is 0 Å². The van der Waals surface area contributed by atoms with Gasteiger partial charge in [0.15, 0.2) is 0 Å². The molecule has 1 aliphatic heterocycles. The third-order valence-electron chi connectivity index (χ3n) is 3.65. The molecule has 2 rings (SSSR count). The summed E-state index contributed by atoms with van der Waals surface area (Å²) < 4.78 is 10.1. The summed E-state index contributed by atoms with van der Waals surface area (Å²) in [4.78, 5) is 17.8. The Kier molecular flexibility index (Phi) is 5.63. The third-order valence-corrected chi connectivity index (χ3v) is 3.65. The standard InChI is InChI=1S/C16H22N2O4/c1-3-22-16(20)18-8-6-13(7-9-18)17-11-12-10-14(21-2)4-5-15(12)19/h4-5,10-11,13,19H,3,6-9H2,1-2H3. The molecule has 120 valence electrons. The van der Waals surface area contributed by atoms with Gasteiger partial charge >= 0.3 is 6.09 Å². The van der Waals surface area contributed by atoms with E-state index >= 15 is 0 Å². The summed E-state index contributed by atoms with van der Waals surface area (Å²) >= 11 is 0. The molecule has 1 saturated heterocycles. The van der Waals surface area contributed by atoms with Crippen LogP contribution in [0.25, 0.3) is 0 Å². The lowest BCUT2D eigenvalue weighted by Gasteiger charge is -2.29. The number of hydrogen-bond donors (Lipinski definition) is 1. The first-order valence-electron chi connectivity index (χ1n) is 7.46. The average molecular weight is 306 g/mol. The molecule has 0 unspecified atom stereocenters. The van der Waals surface area contributed by atoms with E-state index in [-0.39, 0.29) is 17.9 Å². The first kappa shape index (κ1) is 16.1. The van der Waals surface area contributed by atoms with Crippen LogP contribution in [0.4, 0.5) is 4.79 Å². The van der Waals surface area contributed by atoms with Crippen LogP contribution < -0.4 is 4.74 Å². The van der Waals surface area contributed by atoms with E-state index in [4.69, 9.17) is 9.47 Å². The number of nitrogens with zero attached hydrogens (tertiary/aromatic N) is 2. The highest BCUT2D eigenvalue weighted by Gasteiger charge is 2.22. The van der Waals surface area contributed by atoms with Crippen LogP contribution in [0.2, 0.25) is 0 Å². The van der Waals surface area contributed by atoms with Crippen LogP contribution in [0.15, 0.2) is 23.2 Å². The maximum absolute atomic E-state index is 11.6. The number of carbonyl (C=O) groups excluding carboxylic acids is 1. The fraction of sp³-hybridized carbons (Fsp3) is 0.500. The van der Waals surface area contributed by atoms with E-state index in [1.54, 1.807) is 43.3 Å². The van der Waals surface area contributed by atoms with Gasteiger partial charge in [-0.05, 0) is 38.0 Å². The van der Waals surface area contributed by atoms with Gasteiger partial charge in [0.1, 0.15) is 11.5 Å². The molecule has 0 aromatic heterocycles. The number of rotatable bonds is 4. The van der Waals surface area contributed by atoms with Crippen molar-refractivity contribution in [3.05, 3.63) is 23.8 Å². The predicted octanol–water partition coefficient (Wildman–Crippen LogP) is 2.44. The number of likely N-dealkylation sites (tertiary alicyclic amines) is 1. The van der Waals surface area contributed by atoms with Crippen molar-refractivity contribution in [2.75, 3.05) is 26.8 Å². The number of methoxy groups -OCH3 is 1. The molecule has 0 radical (unpaired) electrons. The summed E-state index contributed by atoms with van der Waals surface area (Å²) in [6.45, 7) is 3.48. The van der Waals surface area contributed by atoms with E-state index in [2.05, 4.69) is 4.99 Å². The number of phenolic OH excluding ortho intramolecular Hbond substituents is 1. The molecule has 1 fully saturated rings. The van der Waals surface area contributed by atoms with Crippen molar-refractivity contribution < 1.29 is 19.4 Å². The molecule has 6 nitrogen and oxygen atoms in total. The molecule has 1 aromatic rings. The lowest BCUT2D eigenvalue weighted by molar-refractivity contribution is 0.0975. The Morgan fingerprint density at radius 3 is 2.82 bits per heavy atom. The zero-order chi connectivity index (χ0) is 15.9. The maximum atomic E-state index is 11.6. The number of carbonyl (C=O) groups is 1. The minimum absolute atomic E-state index is 0.149. The van der Waals surface area contributed by atoms with Crippen LogP contribution >= 0.6 is 0 Å². The van der Waals surface area contributed by atoms with Gasteiger partial charge in [0.25, 0.3) is 0 Å². The largest absolute Gasteiger partial charge is 0.507 e. The highest BCUT2D eigenvalue weighted by atomic mass is 16.6. The quantitative estimate of drug-likeness (QED) is 0.867. The van der Waals surface area contributed by atoms with Gasteiger partial charge in [-0.1, -0.05) is 0 Å². The lowest BCUT2D eigenvalue weighted by atomic mass is 10.1. The van der Waals surface area contributed by atoms with Crippen molar-refractivity contribution >= 4 is 12.3 Å². The van der Waals surface area contributed by atoms with Crippen molar-refractivity contribution in [1.29, 1.82) is 0 Å². The number of phenols is 1. The second kappa shape index (κ2) is 7.68. The lowest BCUT2D eigenvalue weighted by Crippen LogP contribution is -2.40. The molecule has 6 heteroatoms.